The van der Waals surface area contributed by atoms with Crippen LogP contribution in [-0.2, 0) is 4.79 Å². The molecule has 0 bridgehead atoms. The number of nitrogens with one attached hydrogen (secondary N) is 1. The number of rotatable bonds is 12. The van der Waals surface area contributed by atoms with Crippen LogP contribution in [0.1, 0.15) is 37.7 Å². The van der Waals surface area contributed by atoms with E-state index >= 15 is 0 Å². The first-order valence-corrected chi connectivity index (χ1v) is 11.7. The maximum absolute atomic E-state index is 10.7. The van der Waals surface area contributed by atoms with E-state index in [0.29, 0.717) is 30.3 Å². The van der Waals surface area contributed by atoms with Crippen LogP contribution in [0, 0.1) is 0 Å². The van der Waals surface area contributed by atoms with Crippen LogP contribution in [-0.4, -0.2) is 34.7 Å². The van der Waals surface area contributed by atoms with Crippen LogP contribution >= 0.6 is 0 Å². The molecule has 0 aliphatic carbocycles. The van der Waals surface area contributed by atoms with Gasteiger partial charge in [0.25, 0.3) is 0 Å². The predicted octanol–water partition coefficient (Wildman–Crippen LogP) is 6.66. The number of carboxylic acids is 1. The summed E-state index contributed by atoms with van der Waals surface area (Å²) in [7, 11) is 1.64. The lowest BCUT2D eigenvalue weighted by molar-refractivity contribution is -0.137. The number of anilines is 1. The minimum Gasteiger partial charge on any atom is -0.497 e. The summed E-state index contributed by atoms with van der Waals surface area (Å²) in [4.78, 5) is 19.6. The van der Waals surface area contributed by atoms with Crippen molar-refractivity contribution in [1.29, 1.82) is 0 Å². The Morgan fingerprint density at radius 1 is 1.09 bits per heavy atom. The lowest BCUT2D eigenvalue weighted by Gasteiger charge is -2.10. The number of methoxy groups -OCH3 is 1. The Morgan fingerprint density at radius 3 is 2.60 bits per heavy atom. The lowest BCUT2D eigenvalue weighted by Crippen LogP contribution is -2.04. The van der Waals surface area contributed by atoms with Crippen molar-refractivity contribution in [2.75, 3.05) is 19.0 Å². The highest BCUT2D eigenvalue weighted by Gasteiger charge is 2.23. The third-order valence-corrected chi connectivity index (χ3v) is 5.90. The van der Waals surface area contributed by atoms with Crippen LogP contribution in [0.15, 0.2) is 65.9 Å². The number of fused-ring (bicyclic) bond motifs is 1. The molecule has 0 unspecified atom stereocenters. The minimum absolute atomic E-state index is 0.217. The Labute approximate surface area is 204 Å². The smallest absolute Gasteiger partial charge is 0.303 e. The summed E-state index contributed by atoms with van der Waals surface area (Å²) < 4.78 is 11.7. The second kappa shape index (κ2) is 11.3. The van der Waals surface area contributed by atoms with Crippen molar-refractivity contribution in [3.63, 3.8) is 0 Å². The van der Waals surface area contributed by atoms with E-state index in [0.717, 1.165) is 52.7 Å². The first-order valence-electron chi connectivity index (χ1n) is 11.7. The fourth-order valence-electron chi connectivity index (χ4n) is 4.13. The number of nitrogens with zero attached hydrogens (tertiary/aromatic N) is 2. The van der Waals surface area contributed by atoms with Crippen molar-refractivity contribution in [1.82, 2.24) is 9.97 Å². The molecule has 2 heterocycles. The van der Waals surface area contributed by atoms with E-state index in [1.54, 1.807) is 7.11 Å². The second-order valence-corrected chi connectivity index (χ2v) is 8.21. The number of furan rings is 1. The molecule has 0 saturated carbocycles. The van der Waals surface area contributed by atoms with E-state index in [2.05, 4.69) is 21.9 Å². The van der Waals surface area contributed by atoms with Crippen molar-refractivity contribution in [3.05, 3.63) is 67.0 Å². The summed E-state index contributed by atoms with van der Waals surface area (Å²) in [5.41, 5.74) is 4.26. The maximum Gasteiger partial charge on any atom is 0.303 e. The summed E-state index contributed by atoms with van der Waals surface area (Å²) in [5.74, 6) is 1.44. The van der Waals surface area contributed by atoms with Gasteiger partial charge in [-0.05, 0) is 36.1 Å². The third-order valence-electron chi connectivity index (χ3n) is 5.90. The Kier molecular flexibility index (Phi) is 7.77. The van der Waals surface area contributed by atoms with Gasteiger partial charge >= 0.3 is 5.97 Å². The topological polar surface area (TPSA) is 97.5 Å². The van der Waals surface area contributed by atoms with Crippen molar-refractivity contribution < 1.29 is 19.1 Å². The standard InChI is InChI=1S/C28H29N3O4/c1-3-19-10-7-8-11-22(19)26-24(20-13-15-21(34-2)16-14-20)25-27(30-18-31-28(25)35-26)29-17-9-5-4-6-12-23(32)33/h3,7-8,10-11,13-16,18H,1,4-6,9,12,17H2,2H3,(H,32,33)(H,29,30,31). The van der Waals surface area contributed by atoms with E-state index in [1.165, 1.54) is 6.33 Å². The number of benzene rings is 2. The molecule has 4 aromatic rings. The van der Waals surface area contributed by atoms with Gasteiger partial charge < -0.3 is 19.6 Å². The van der Waals surface area contributed by atoms with E-state index in [4.69, 9.17) is 14.3 Å². The number of aliphatic carboxylic acids is 1. The molecule has 0 aliphatic rings. The Balaban J connectivity index is 1.71. The van der Waals surface area contributed by atoms with E-state index < -0.39 is 5.97 Å². The molecule has 0 radical (unpaired) electrons. The van der Waals surface area contributed by atoms with Crippen LogP contribution in [0.5, 0.6) is 5.75 Å². The highest BCUT2D eigenvalue weighted by Crippen LogP contribution is 2.44. The molecule has 0 atom stereocenters. The zero-order chi connectivity index (χ0) is 24.6. The van der Waals surface area contributed by atoms with Gasteiger partial charge in [0.05, 0.1) is 12.5 Å². The number of carboxylic acid groups (broad SMARTS) is 1. The van der Waals surface area contributed by atoms with Gasteiger partial charge in [0.1, 0.15) is 23.7 Å². The number of ether oxygens (including phenoxy) is 1. The summed E-state index contributed by atoms with van der Waals surface area (Å²) in [6.45, 7) is 4.68. The molecule has 2 N–H and O–H groups in total. The zero-order valence-electron chi connectivity index (χ0n) is 19.8. The molecule has 0 amide bonds. The quantitative estimate of drug-likeness (QED) is 0.223. The monoisotopic (exact) mass is 471 g/mol. The molecule has 180 valence electrons. The van der Waals surface area contributed by atoms with Crippen molar-refractivity contribution in [3.8, 4) is 28.2 Å². The van der Waals surface area contributed by atoms with Crippen LogP contribution in [0.4, 0.5) is 5.82 Å². The number of carbonyl (C=O) groups is 1. The average molecular weight is 472 g/mol. The SMILES string of the molecule is C=Cc1ccccc1-c1oc2ncnc(NCCCCCCC(=O)O)c2c1-c1ccc(OC)cc1. The van der Waals surface area contributed by atoms with Crippen LogP contribution in [0.3, 0.4) is 0 Å². The molecule has 0 spiro atoms. The fraction of sp³-hybridized carbons (Fsp3) is 0.250. The normalized spacial score (nSPS) is 10.9. The van der Waals surface area contributed by atoms with Crippen LogP contribution < -0.4 is 10.1 Å². The largest absolute Gasteiger partial charge is 0.497 e. The summed E-state index contributed by atoms with van der Waals surface area (Å²) in [5, 5.41) is 13.0. The highest BCUT2D eigenvalue weighted by molar-refractivity contribution is 6.06. The molecular weight excluding hydrogens is 442 g/mol. The molecule has 7 nitrogen and oxygen atoms in total. The van der Waals surface area contributed by atoms with Gasteiger partial charge in [0, 0.05) is 24.1 Å². The van der Waals surface area contributed by atoms with Gasteiger partial charge in [-0.15, -0.1) is 0 Å². The van der Waals surface area contributed by atoms with Gasteiger partial charge in [0.15, 0.2) is 0 Å². The van der Waals surface area contributed by atoms with Crippen LogP contribution in [0.25, 0.3) is 39.6 Å². The fourth-order valence-corrected chi connectivity index (χ4v) is 4.13. The Morgan fingerprint density at radius 2 is 1.86 bits per heavy atom. The summed E-state index contributed by atoms with van der Waals surface area (Å²) in [6, 6.07) is 15.8. The number of unbranched alkanes of at least 4 members (excludes halogenated alkanes) is 3. The molecule has 0 saturated heterocycles. The van der Waals surface area contributed by atoms with Crippen molar-refractivity contribution >= 4 is 29.0 Å². The van der Waals surface area contributed by atoms with E-state index in [1.807, 2.05) is 54.6 Å². The van der Waals surface area contributed by atoms with Crippen molar-refractivity contribution in [2.24, 2.45) is 0 Å². The molecule has 2 aromatic heterocycles. The summed E-state index contributed by atoms with van der Waals surface area (Å²) in [6.07, 6.45) is 6.98. The Hall–Kier alpha value is -4.13. The minimum atomic E-state index is -0.744. The zero-order valence-corrected chi connectivity index (χ0v) is 19.8. The first-order chi connectivity index (χ1) is 17.1. The number of aromatic nitrogens is 2. The van der Waals surface area contributed by atoms with Gasteiger partial charge in [-0.2, -0.15) is 0 Å². The third kappa shape index (κ3) is 5.51. The summed E-state index contributed by atoms with van der Waals surface area (Å²) >= 11 is 0. The molecular formula is C28H29N3O4. The van der Waals surface area contributed by atoms with Gasteiger partial charge in [0.2, 0.25) is 5.71 Å². The number of hydrogen-bond acceptors (Lipinski definition) is 6. The van der Waals surface area contributed by atoms with Crippen LogP contribution in [0.2, 0.25) is 0 Å². The van der Waals surface area contributed by atoms with E-state index in [-0.39, 0.29) is 6.42 Å². The molecule has 35 heavy (non-hydrogen) atoms. The van der Waals surface area contributed by atoms with Gasteiger partial charge in [-0.3, -0.25) is 4.79 Å². The molecule has 4 rings (SSSR count). The molecule has 7 heteroatoms. The highest BCUT2D eigenvalue weighted by atomic mass is 16.5. The molecule has 2 aromatic carbocycles. The van der Waals surface area contributed by atoms with Gasteiger partial charge in [-0.1, -0.05) is 61.9 Å². The predicted molar refractivity (Wildman–Crippen MR) is 139 cm³/mol. The lowest BCUT2D eigenvalue weighted by atomic mass is 9.96. The van der Waals surface area contributed by atoms with E-state index in [9.17, 15) is 4.79 Å². The molecule has 0 fully saturated rings. The first kappa shape index (κ1) is 24.0. The second-order valence-electron chi connectivity index (χ2n) is 8.21. The maximum atomic E-state index is 10.7. The Bertz CT molecular complexity index is 1310. The van der Waals surface area contributed by atoms with Gasteiger partial charge in [-0.25, -0.2) is 9.97 Å². The van der Waals surface area contributed by atoms with Crippen molar-refractivity contribution in [2.45, 2.75) is 32.1 Å². The average Bonchev–Trinajstić information content (AvgIpc) is 3.28. The molecule has 0 aliphatic heterocycles. The number of hydrogen-bond donors (Lipinski definition) is 2.